The minimum Gasteiger partial charge on any atom is -0.370 e. The summed E-state index contributed by atoms with van der Waals surface area (Å²) in [6.45, 7) is 8.37. The van der Waals surface area contributed by atoms with Crippen LogP contribution >= 0.6 is 22.2 Å². The SMILES string of the molecule is CCC(CC)(CO[Si]1(Cl)n2c3c4ccccc4c2N=C2N=C(N=c4c5ccccc5c(n41)=NC1=NC(=N3)c3ccccc31)c1ccccc12)CO[Si]1(OCC(CC)(CC)CO[Si]2(Cl)n3c4c5ccccc5c3N=C3N=C(N=c5c6ccccc6c(n52)=NC2=NC(=N4)c4ccccc42)c2ccccc23)n2c3c4ccccc4c2N=C2N=C(N=c4c5ccccc5c(n41)=NC1=NC(=N3)c3ccccc31)c1ccccc12. The lowest BCUT2D eigenvalue weighted by Crippen LogP contribution is -2.66. The van der Waals surface area contributed by atoms with E-state index < -0.39 is 35.6 Å². The van der Waals surface area contributed by atoms with Gasteiger partial charge in [0.2, 0.25) is 0 Å². The van der Waals surface area contributed by atoms with Crippen molar-refractivity contribution in [2.24, 2.45) is 101 Å². The highest BCUT2D eigenvalue weighted by Crippen LogP contribution is 2.51. The number of hydrogen-bond acceptors (Lipinski definition) is 22. The Kier molecular flexibility index (Phi) is 17.6. The Morgan fingerprint density at radius 3 is 0.545 bits per heavy atom. The van der Waals surface area contributed by atoms with Gasteiger partial charge >= 0.3 is 24.8 Å². The van der Waals surface area contributed by atoms with Crippen LogP contribution in [-0.2, 0) is 17.7 Å². The van der Waals surface area contributed by atoms with Gasteiger partial charge in [0.1, 0.15) is 67.8 Å². The molecular formula is C110H76Cl2N24O4Si3. The Labute approximate surface area is 825 Å². The van der Waals surface area contributed by atoms with Crippen molar-refractivity contribution >= 4 is 217 Å². The minimum atomic E-state index is -5.29. The molecular weight excluding hydrogens is 1880 g/mol. The molecule has 18 aromatic rings. The van der Waals surface area contributed by atoms with Gasteiger partial charge in [-0.1, -0.05) is 341 Å². The summed E-state index contributed by atoms with van der Waals surface area (Å²) in [7, 11) is -15.0. The molecule has 28 nitrogen and oxygen atoms in total. The van der Waals surface area contributed by atoms with Gasteiger partial charge in [-0.25, -0.2) is 89.9 Å². The Hall–Kier alpha value is -16.2. The van der Waals surface area contributed by atoms with Gasteiger partial charge in [-0.05, 0) is 25.7 Å². The van der Waals surface area contributed by atoms with Crippen molar-refractivity contribution in [2.75, 3.05) is 26.4 Å². The van der Waals surface area contributed by atoms with Gasteiger partial charge in [0.15, 0.2) is 70.0 Å². The average Bonchev–Trinajstić information content (AvgIpc) is 1.54. The molecule has 18 bridgehead atoms. The van der Waals surface area contributed by atoms with E-state index in [0.29, 0.717) is 164 Å². The van der Waals surface area contributed by atoms with E-state index in [4.69, 9.17) is 108 Å². The summed E-state index contributed by atoms with van der Waals surface area (Å²) in [4.78, 5) is 103. The molecule has 12 aliphatic rings. The zero-order valence-electron chi connectivity index (χ0n) is 77.0. The van der Waals surface area contributed by atoms with Crippen LogP contribution in [0.15, 0.2) is 381 Å². The predicted molar refractivity (Wildman–Crippen MR) is 565 cm³/mol. The van der Waals surface area contributed by atoms with Gasteiger partial charge in [-0.3, -0.25) is 25.4 Å². The van der Waals surface area contributed by atoms with E-state index in [1.165, 1.54) is 0 Å². The molecule has 0 spiro atoms. The molecule has 0 saturated carbocycles. The molecule has 33 heteroatoms. The third-order valence-corrected chi connectivity index (χ3v) is 40.8. The van der Waals surface area contributed by atoms with E-state index in [2.05, 4.69) is 133 Å². The lowest BCUT2D eigenvalue weighted by atomic mass is 9.84. The van der Waals surface area contributed by atoms with E-state index >= 15 is 0 Å². The van der Waals surface area contributed by atoms with Crippen LogP contribution in [-0.4, -0.2) is 147 Å². The van der Waals surface area contributed by atoms with Crippen LogP contribution in [0.5, 0.6) is 0 Å². The molecule has 0 aliphatic carbocycles. The first-order valence-electron chi connectivity index (χ1n) is 48.0. The van der Waals surface area contributed by atoms with Gasteiger partial charge < -0.3 is 17.7 Å². The molecule has 0 N–H and O–H groups in total. The van der Waals surface area contributed by atoms with Crippen LogP contribution in [0.2, 0.25) is 0 Å². The summed E-state index contributed by atoms with van der Waals surface area (Å²) in [6, 6.07) is 97.7. The summed E-state index contributed by atoms with van der Waals surface area (Å²) in [5.74, 6) is 8.00. The Morgan fingerprint density at radius 2 is 0.350 bits per heavy atom. The first kappa shape index (κ1) is 82.7. The molecule has 6 aromatic heterocycles. The number of rotatable bonds is 16. The fraction of sp³-hybridized carbons (Fsp3) is 0.127. The minimum absolute atomic E-state index is 0.0791. The molecule has 143 heavy (non-hydrogen) atoms. The number of amidine groups is 12. The largest absolute Gasteiger partial charge is 0.603 e. The predicted octanol–water partition coefficient (Wildman–Crippen LogP) is 18.3. The van der Waals surface area contributed by atoms with Crippen molar-refractivity contribution in [3.63, 3.8) is 0 Å². The maximum atomic E-state index is 9.50. The number of aromatic nitrogens is 6. The molecule has 686 valence electrons. The Balaban J connectivity index is 0.666. The summed E-state index contributed by atoms with van der Waals surface area (Å²) < 4.78 is 47.4. The summed E-state index contributed by atoms with van der Waals surface area (Å²) in [5, 5.41) is 8.91. The van der Waals surface area contributed by atoms with Crippen LogP contribution in [0.4, 0.5) is 34.9 Å². The van der Waals surface area contributed by atoms with Crippen LogP contribution in [0, 0.1) is 10.8 Å². The van der Waals surface area contributed by atoms with Gasteiger partial charge in [-0.15, -0.1) is 0 Å². The van der Waals surface area contributed by atoms with E-state index in [-0.39, 0.29) is 26.4 Å². The number of aliphatic imine (C=N–C) groups is 12. The van der Waals surface area contributed by atoms with E-state index in [1.807, 2.05) is 211 Å². The Morgan fingerprint density at radius 1 is 0.189 bits per heavy atom. The standard InChI is InChI=1S/C110H76Cl2N24O4Si3/c1-5-109(6-2,57-137-141(111)131-97-73-45-21-22-46-74(73)99(131)121-87-63-35-11-12-36-64(63)88(114-87)122-100-76-48-24-23-47-75(76)98(132(100)141)120-86-62-34-10-9-33-61(62)85(113-86)119-97)59-139-143(135-105-81-53-29-30-54-82(81)107(135)129-95-71-43-19-20-44-72(71)96(118-95)130-108-84-56-32-31-55-83(84)106(136(108)143)128-94-70-42-18-17-41-69(70)93(117-94)127-105)140-60-110(7-3,8-4)58-138-142(112)133-101-77-49-25-26-50-78(77)103(133)125-91-67-39-15-16-40-68(67)92(116-91)126-104-80-52-28-27-51-79(80)102(134(104)142)124-90-66-38-14-13-37-65(66)89(115-90)123-101/h9-56H,5-8,57-60H2,1-4H3. The normalized spacial score (nSPS) is 18.8. The monoisotopic (exact) mass is 1950 g/mol. The molecule has 0 saturated heterocycles. The highest BCUT2D eigenvalue weighted by atomic mass is 35.6. The molecule has 12 aliphatic heterocycles. The van der Waals surface area contributed by atoms with E-state index in [0.717, 1.165) is 131 Å². The zero-order valence-corrected chi connectivity index (χ0v) is 81.5. The second kappa shape index (κ2) is 30.4. The smallest absolute Gasteiger partial charge is 0.370 e. The van der Waals surface area contributed by atoms with Crippen molar-refractivity contribution in [2.45, 2.75) is 53.4 Å². The third kappa shape index (κ3) is 11.6. The van der Waals surface area contributed by atoms with Gasteiger partial charge in [0.25, 0.3) is 0 Å². The fourth-order valence-corrected chi connectivity index (χ4v) is 33.4. The zero-order chi connectivity index (χ0) is 94.8. The van der Waals surface area contributed by atoms with Crippen LogP contribution in [0.25, 0.3) is 64.6 Å². The molecule has 12 aromatic carbocycles. The third-order valence-electron chi connectivity index (χ3n) is 30.2. The fourth-order valence-electron chi connectivity index (χ4n) is 22.2. The number of benzene rings is 12. The highest BCUT2D eigenvalue weighted by molar-refractivity contribution is 7.15. The molecule has 0 amide bonds. The first-order valence-corrected chi connectivity index (χ1v) is 55.3. The number of fused-ring (bicyclic) bond motifs is 42. The molecule has 18 heterocycles. The quantitative estimate of drug-likeness (QED) is 0.0673. The molecule has 30 rings (SSSR count). The van der Waals surface area contributed by atoms with Crippen molar-refractivity contribution in [1.29, 1.82) is 0 Å². The van der Waals surface area contributed by atoms with Crippen molar-refractivity contribution < 1.29 is 17.7 Å². The summed E-state index contributed by atoms with van der Waals surface area (Å²) in [6.07, 6.45) is 1.73. The molecule has 2 unspecified atom stereocenters. The van der Waals surface area contributed by atoms with Crippen LogP contribution < -0.4 is 32.9 Å². The highest BCUT2D eigenvalue weighted by Gasteiger charge is 2.59. The first-order chi connectivity index (χ1) is 70.3. The van der Waals surface area contributed by atoms with Gasteiger partial charge in [0.05, 0.1) is 0 Å². The van der Waals surface area contributed by atoms with Crippen molar-refractivity contribution in [3.8, 4) is 0 Å². The van der Waals surface area contributed by atoms with Crippen LogP contribution in [0.3, 0.4) is 0 Å². The summed E-state index contributed by atoms with van der Waals surface area (Å²) >= 11 is 19.0. The van der Waals surface area contributed by atoms with Crippen LogP contribution in [0.1, 0.15) is 120 Å². The lowest BCUT2D eigenvalue weighted by Gasteiger charge is -2.42. The number of halogens is 2. The van der Waals surface area contributed by atoms with Gasteiger partial charge in [-0.2, -0.15) is 0 Å². The van der Waals surface area contributed by atoms with Crippen molar-refractivity contribution in [3.05, 3.63) is 391 Å². The number of hydrogen-bond donors (Lipinski definition) is 0. The summed E-state index contributed by atoms with van der Waals surface area (Å²) in [5.41, 5.74) is 10.1. The topological polar surface area (TPSA) is 289 Å². The maximum Gasteiger partial charge on any atom is 0.603 e. The molecule has 2 atom stereocenters. The lowest BCUT2D eigenvalue weighted by molar-refractivity contribution is 0.00807. The average molecular weight is 1950 g/mol. The number of nitrogens with zero attached hydrogens (tertiary/aromatic N) is 24. The Bertz CT molecular complexity index is 8980. The second-order valence-electron chi connectivity index (χ2n) is 37.5. The second-order valence-corrected chi connectivity index (χ2v) is 47.5. The molecule has 0 radical (unpaired) electrons. The maximum absolute atomic E-state index is 9.50. The van der Waals surface area contributed by atoms with E-state index in [1.54, 1.807) is 0 Å². The molecule has 0 fully saturated rings. The van der Waals surface area contributed by atoms with E-state index in [9.17, 15) is 22.2 Å². The van der Waals surface area contributed by atoms with Gasteiger partial charge in [0, 0.05) is 169 Å². The van der Waals surface area contributed by atoms with Crippen molar-refractivity contribution in [1.82, 2.24) is 25.4 Å².